The first-order valence-corrected chi connectivity index (χ1v) is 12.2. The summed E-state index contributed by atoms with van der Waals surface area (Å²) in [4.78, 5) is 31.1. The Morgan fingerprint density at radius 3 is 2.22 bits per heavy atom. The van der Waals surface area contributed by atoms with Crippen molar-refractivity contribution >= 4 is 28.6 Å². The Bertz CT molecular complexity index is 1450. The maximum absolute atomic E-state index is 13.8. The number of hydrogen-bond donors (Lipinski definition) is 0. The quantitative estimate of drug-likeness (QED) is 0.172. The van der Waals surface area contributed by atoms with E-state index in [0.717, 1.165) is 17.3 Å². The number of methoxy groups -OCH3 is 4. The largest absolute Gasteiger partial charge is 0.497 e. The summed E-state index contributed by atoms with van der Waals surface area (Å²) in [6, 6.07) is 17.9. The van der Waals surface area contributed by atoms with Gasteiger partial charge in [0.2, 0.25) is 5.75 Å². The second-order valence-corrected chi connectivity index (χ2v) is 8.65. The lowest BCUT2D eigenvalue weighted by Crippen LogP contribution is -2.23. The summed E-state index contributed by atoms with van der Waals surface area (Å²) in [6.45, 7) is 0.154. The van der Waals surface area contributed by atoms with Crippen molar-refractivity contribution in [2.24, 2.45) is 0 Å². The molecule has 10 heteroatoms. The highest BCUT2D eigenvalue weighted by atomic mass is 32.2. The summed E-state index contributed by atoms with van der Waals surface area (Å²) in [5.74, 6) is 1.03. The smallest absolute Gasteiger partial charge is 0.316 e. The highest BCUT2D eigenvalue weighted by Crippen LogP contribution is 2.42. The first kappa shape index (κ1) is 25.9. The van der Waals surface area contributed by atoms with E-state index in [0.29, 0.717) is 22.9 Å². The Hall–Kier alpha value is -4.18. The Morgan fingerprint density at radius 2 is 1.59 bits per heavy atom. The van der Waals surface area contributed by atoms with Crippen molar-refractivity contribution in [1.82, 2.24) is 9.55 Å². The van der Waals surface area contributed by atoms with Crippen molar-refractivity contribution in [2.45, 2.75) is 11.8 Å². The number of rotatable bonds is 10. The number of hydrogen-bond acceptors (Lipinski definition) is 9. The zero-order valence-corrected chi connectivity index (χ0v) is 21.7. The van der Waals surface area contributed by atoms with Gasteiger partial charge in [-0.05, 0) is 35.9 Å². The fourth-order valence-corrected chi connectivity index (χ4v) is 4.53. The summed E-state index contributed by atoms with van der Waals surface area (Å²) in [7, 11) is 5.97. The first-order chi connectivity index (χ1) is 18.0. The van der Waals surface area contributed by atoms with Gasteiger partial charge in [0.05, 0.1) is 45.3 Å². The highest BCUT2D eigenvalue weighted by molar-refractivity contribution is 7.99. The number of nitrogens with zero attached hydrogens (tertiary/aromatic N) is 2. The van der Waals surface area contributed by atoms with Crippen molar-refractivity contribution < 1.29 is 28.5 Å². The number of benzene rings is 3. The third kappa shape index (κ3) is 5.49. The van der Waals surface area contributed by atoms with E-state index in [1.807, 2.05) is 30.3 Å². The van der Waals surface area contributed by atoms with Gasteiger partial charge >= 0.3 is 5.97 Å². The van der Waals surface area contributed by atoms with Gasteiger partial charge in [0.1, 0.15) is 17.9 Å². The maximum Gasteiger partial charge on any atom is 0.316 e. The number of ether oxygens (including phenoxy) is 5. The second-order valence-electron chi connectivity index (χ2n) is 7.71. The molecule has 0 amide bonds. The molecule has 192 valence electrons. The number of carbonyl (C=O) groups is 1. The molecule has 1 heterocycles. The lowest BCUT2D eigenvalue weighted by atomic mass is 10.2. The first-order valence-electron chi connectivity index (χ1n) is 11.2. The Balaban J connectivity index is 1.77. The number of fused-ring (bicyclic) bond motifs is 1. The van der Waals surface area contributed by atoms with Crippen molar-refractivity contribution in [3.63, 3.8) is 0 Å². The van der Waals surface area contributed by atoms with Crippen molar-refractivity contribution in [2.75, 3.05) is 34.2 Å². The van der Waals surface area contributed by atoms with Gasteiger partial charge in [0, 0.05) is 0 Å². The number of aromatic nitrogens is 2. The monoisotopic (exact) mass is 522 g/mol. The van der Waals surface area contributed by atoms with Gasteiger partial charge in [-0.3, -0.25) is 14.2 Å². The van der Waals surface area contributed by atoms with E-state index in [4.69, 9.17) is 28.7 Å². The molecule has 3 aromatic carbocycles. The third-order valence-corrected chi connectivity index (χ3v) is 6.44. The number of thioether (sulfide) groups is 1. The van der Waals surface area contributed by atoms with Crippen molar-refractivity contribution in [1.29, 1.82) is 0 Å². The van der Waals surface area contributed by atoms with Crippen LogP contribution in [-0.4, -0.2) is 49.7 Å². The molecule has 0 aliphatic heterocycles. The average molecular weight is 523 g/mol. The normalized spacial score (nSPS) is 10.7. The summed E-state index contributed by atoms with van der Waals surface area (Å²) in [5, 5.41) is 0.547. The molecule has 0 spiro atoms. The van der Waals surface area contributed by atoms with Gasteiger partial charge in [0.15, 0.2) is 16.7 Å². The maximum atomic E-state index is 13.8. The molecular formula is C27H26N2O7S. The van der Waals surface area contributed by atoms with E-state index in [1.165, 1.54) is 25.9 Å². The molecule has 4 rings (SSSR count). The van der Waals surface area contributed by atoms with E-state index < -0.39 is 5.97 Å². The summed E-state index contributed by atoms with van der Waals surface area (Å²) in [5.41, 5.74) is 1.35. The molecule has 1 aromatic heterocycles. The van der Waals surface area contributed by atoms with Crippen LogP contribution in [0.5, 0.6) is 23.0 Å². The topological polar surface area (TPSA) is 98.1 Å². The molecule has 0 atom stereocenters. The Labute approximate surface area is 217 Å². The summed E-state index contributed by atoms with van der Waals surface area (Å²) < 4.78 is 28.5. The Kier molecular flexibility index (Phi) is 8.19. The van der Waals surface area contributed by atoms with E-state index in [-0.39, 0.29) is 39.7 Å². The van der Waals surface area contributed by atoms with Crippen molar-refractivity contribution in [3.05, 3.63) is 76.6 Å². The fraction of sp³-hybridized carbons (Fsp3) is 0.222. The molecule has 37 heavy (non-hydrogen) atoms. The van der Waals surface area contributed by atoms with Gasteiger partial charge in [-0.15, -0.1) is 0 Å². The molecule has 0 aliphatic rings. The van der Waals surface area contributed by atoms with Crippen LogP contribution >= 0.6 is 11.8 Å². The standard InChI is InChI=1S/C27H26N2O7S/c1-32-19-12-10-18(11-13-19)29-26(31)20-14-21(33-2)24(34-3)25(35-4)23(20)28-27(29)37-16-22(30)36-15-17-8-6-5-7-9-17/h5-14H,15-16H2,1-4H3. The molecule has 0 aliphatic carbocycles. The molecular weight excluding hydrogens is 496 g/mol. The van der Waals surface area contributed by atoms with Gasteiger partial charge in [-0.25, -0.2) is 4.98 Å². The zero-order valence-electron chi connectivity index (χ0n) is 20.8. The zero-order chi connectivity index (χ0) is 26.4. The van der Waals surface area contributed by atoms with Gasteiger partial charge in [-0.1, -0.05) is 42.1 Å². The summed E-state index contributed by atoms with van der Waals surface area (Å²) in [6.07, 6.45) is 0. The van der Waals surface area contributed by atoms with Crippen LogP contribution in [0.3, 0.4) is 0 Å². The van der Waals surface area contributed by atoms with E-state index in [1.54, 1.807) is 37.4 Å². The molecule has 0 fully saturated rings. The van der Waals surface area contributed by atoms with E-state index >= 15 is 0 Å². The Morgan fingerprint density at radius 1 is 0.892 bits per heavy atom. The molecule has 0 N–H and O–H groups in total. The molecule has 0 saturated carbocycles. The SMILES string of the molecule is COc1ccc(-n2c(SCC(=O)OCc3ccccc3)nc3c(OC)c(OC)c(OC)cc3c2=O)cc1. The van der Waals surface area contributed by atoms with Crippen LogP contribution in [0.25, 0.3) is 16.6 Å². The van der Waals surface area contributed by atoms with Crippen LogP contribution in [0.1, 0.15) is 5.56 Å². The summed E-state index contributed by atoms with van der Waals surface area (Å²) >= 11 is 1.09. The molecule has 0 bridgehead atoms. The average Bonchev–Trinajstić information content (AvgIpc) is 2.94. The van der Waals surface area contributed by atoms with Crippen molar-refractivity contribution in [3.8, 4) is 28.7 Å². The third-order valence-electron chi connectivity index (χ3n) is 5.53. The second kappa shape index (κ2) is 11.7. The van der Waals surface area contributed by atoms with Crippen LogP contribution in [0.2, 0.25) is 0 Å². The molecule has 0 saturated heterocycles. The van der Waals surface area contributed by atoms with E-state index in [2.05, 4.69) is 0 Å². The predicted molar refractivity (Wildman–Crippen MR) is 141 cm³/mol. The van der Waals surface area contributed by atoms with Crippen LogP contribution in [0, 0.1) is 0 Å². The number of carbonyl (C=O) groups excluding carboxylic acids is 1. The molecule has 0 radical (unpaired) electrons. The fourth-order valence-electron chi connectivity index (χ4n) is 3.73. The van der Waals surface area contributed by atoms with Gasteiger partial charge in [0.25, 0.3) is 5.56 Å². The minimum absolute atomic E-state index is 0.0590. The van der Waals surface area contributed by atoms with Crippen LogP contribution in [0.4, 0.5) is 0 Å². The van der Waals surface area contributed by atoms with Gasteiger partial charge in [-0.2, -0.15) is 0 Å². The lowest BCUT2D eigenvalue weighted by molar-refractivity contribution is -0.141. The lowest BCUT2D eigenvalue weighted by Gasteiger charge is -2.17. The highest BCUT2D eigenvalue weighted by Gasteiger charge is 2.23. The van der Waals surface area contributed by atoms with Crippen LogP contribution in [0.15, 0.2) is 70.6 Å². The molecule has 9 nitrogen and oxygen atoms in total. The van der Waals surface area contributed by atoms with E-state index in [9.17, 15) is 9.59 Å². The van der Waals surface area contributed by atoms with Gasteiger partial charge < -0.3 is 23.7 Å². The number of esters is 1. The molecule has 0 unspecified atom stereocenters. The minimum atomic E-state index is -0.441. The van der Waals surface area contributed by atoms with Crippen LogP contribution in [-0.2, 0) is 16.1 Å². The predicted octanol–water partition coefficient (Wildman–Crippen LogP) is 4.26. The molecule has 4 aromatic rings. The minimum Gasteiger partial charge on any atom is -0.497 e. The van der Waals surface area contributed by atoms with Crippen LogP contribution < -0.4 is 24.5 Å².